The van der Waals surface area contributed by atoms with Crippen molar-refractivity contribution in [3.05, 3.63) is 134 Å². The molecule has 1 saturated heterocycles. The third-order valence-electron chi connectivity index (χ3n) is 6.91. The molecule has 0 radical (unpaired) electrons. The van der Waals surface area contributed by atoms with Crippen LogP contribution in [0, 0.1) is 19.7 Å². The Hall–Kier alpha value is -4.04. The number of allylic oxidation sites excluding steroid dienone is 1. The van der Waals surface area contributed by atoms with E-state index in [9.17, 15) is 9.18 Å². The number of halogens is 3. The summed E-state index contributed by atoms with van der Waals surface area (Å²) in [4.78, 5) is 20.7. The highest BCUT2D eigenvalue weighted by Gasteiger charge is 2.35. The van der Waals surface area contributed by atoms with Gasteiger partial charge in [-0.25, -0.2) is 9.38 Å². The molecule has 4 aromatic carbocycles. The van der Waals surface area contributed by atoms with E-state index in [0.29, 0.717) is 55.0 Å². The second kappa shape index (κ2) is 13.7. The molecule has 1 heterocycles. The molecule has 1 aliphatic rings. The fraction of sp³-hybridized carbons (Fsp3) is 0.143. The van der Waals surface area contributed by atoms with Gasteiger partial charge >= 0.3 is 0 Å². The molecule has 1 amide bonds. The zero-order valence-electron chi connectivity index (χ0n) is 24.4. The van der Waals surface area contributed by atoms with Gasteiger partial charge in [-0.3, -0.25) is 9.69 Å². The lowest BCUT2D eigenvalue weighted by Gasteiger charge is -2.17. The Labute approximate surface area is 270 Å². The lowest BCUT2D eigenvalue weighted by Crippen LogP contribution is -2.28. The van der Waals surface area contributed by atoms with Crippen molar-refractivity contribution in [3.8, 4) is 11.5 Å². The standard InChI is InChI=1S/C35H29Cl2FN2O3S/c1-5-7-25-14-24(16-31(42-4)33(25)43-20-23-8-6-9-26(38)15-23)17-32-34(41)40(28-13-11-22(3)30(37)19-28)35(44-32)39-27-12-10-21(2)29(36)18-27/h5-6,8-19H,1,7,20H2,2-4H3/b32-17+,39-35?. The number of amides is 1. The molecule has 0 aromatic heterocycles. The number of benzene rings is 4. The van der Waals surface area contributed by atoms with Crippen molar-refractivity contribution in [2.75, 3.05) is 12.0 Å². The van der Waals surface area contributed by atoms with E-state index in [1.165, 1.54) is 23.9 Å². The predicted molar refractivity (Wildman–Crippen MR) is 180 cm³/mol. The molecule has 5 rings (SSSR count). The zero-order chi connectivity index (χ0) is 31.4. The molecule has 0 saturated carbocycles. The lowest BCUT2D eigenvalue weighted by atomic mass is 10.0. The molecule has 0 N–H and O–H groups in total. The summed E-state index contributed by atoms with van der Waals surface area (Å²) in [5, 5.41) is 1.60. The number of aliphatic imine (C=N–C) groups is 1. The van der Waals surface area contributed by atoms with Crippen LogP contribution in [0.4, 0.5) is 15.8 Å². The van der Waals surface area contributed by atoms with Gasteiger partial charge in [-0.1, -0.05) is 53.5 Å². The number of amidine groups is 1. The maximum atomic E-state index is 13.9. The first kappa shape index (κ1) is 31.4. The van der Waals surface area contributed by atoms with E-state index in [2.05, 4.69) is 6.58 Å². The van der Waals surface area contributed by atoms with Crippen molar-refractivity contribution in [2.45, 2.75) is 26.9 Å². The van der Waals surface area contributed by atoms with Gasteiger partial charge in [0.15, 0.2) is 16.7 Å². The number of hydrogen-bond donors (Lipinski definition) is 0. The number of thioether (sulfide) groups is 1. The van der Waals surface area contributed by atoms with Crippen LogP contribution in [0.2, 0.25) is 10.0 Å². The van der Waals surface area contributed by atoms with Gasteiger partial charge in [0.1, 0.15) is 12.4 Å². The summed E-state index contributed by atoms with van der Waals surface area (Å²) in [6.45, 7) is 7.86. The van der Waals surface area contributed by atoms with Gasteiger partial charge in [-0.05, 0) is 109 Å². The molecule has 0 spiro atoms. The van der Waals surface area contributed by atoms with E-state index in [-0.39, 0.29) is 18.3 Å². The fourth-order valence-electron chi connectivity index (χ4n) is 4.58. The first-order valence-corrected chi connectivity index (χ1v) is 15.3. The number of aryl methyl sites for hydroxylation is 2. The molecule has 1 fully saturated rings. The number of methoxy groups -OCH3 is 1. The summed E-state index contributed by atoms with van der Waals surface area (Å²) < 4.78 is 25.5. The normalized spacial score (nSPS) is 14.9. The van der Waals surface area contributed by atoms with Crippen molar-refractivity contribution in [3.63, 3.8) is 0 Å². The monoisotopic (exact) mass is 646 g/mol. The van der Waals surface area contributed by atoms with Gasteiger partial charge in [0.25, 0.3) is 5.91 Å². The fourth-order valence-corrected chi connectivity index (χ4v) is 5.93. The van der Waals surface area contributed by atoms with Crippen LogP contribution in [0.15, 0.2) is 95.3 Å². The van der Waals surface area contributed by atoms with Crippen LogP contribution in [-0.2, 0) is 17.8 Å². The summed E-state index contributed by atoms with van der Waals surface area (Å²) in [5.41, 5.74) is 5.28. The quantitative estimate of drug-likeness (QED) is 0.134. The molecule has 224 valence electrons. The lowest BCUT2D eigenvalue weighted by molar-refractivity contribution is -0.113. The topological polar surface area (TPSA) is 51.1 Å². The van der Waals surface area contributed by atoms with Gasteiger partial charge in [0, 0.05) is 15.6 Å². The van der Waals surface area contributed by atoms with Crippen molar-refractivity contribution >= 4 is 63.5 Å². The SMILES string of the molecule is C=CCc1cc(/C=C2/SC(=Nc3ccc(C)c(Cl)c3)N(c3ccc(C)c(Cl)c3)C2=O)cc(OC)c1OCc1cccc(F)c1. The van der Waals surface area contributed by atoms with Crippen LogP contribution in [0.25, 0.3) is 6.08 Å². The predicted octanol–water partition coefficient (Wildman–Crippen LogP) is 9.87. The number of ether oxygens (including phenoxy) is 2. The zero-order valence-corrected chi connectivity index (χ0v) is 26.7. The van der Waals surface area contributed by atoms with Crippen LogP contribution in [0.1, 0.15) is 27.8 Å². The summed E-state index contributed by atoms with van der Waals surface area (Å²) in [5.74, 6) is 0.426. The van der Waals surface area contributed by atoms with Crippen molar-refractivity contribution in [1.82, 2.24) is 0 Å². The maximum Gasteiger partial charge on any atom is 0.271 e. The second-order valence-corrected chi connectivity index (χ2v) is 12.0. The molecule has 0 unspecified atom stereocenters. The minimum absolute atomic E-state index is 0.157. The Bertz CT molecular complexity index is 1820. The molecule has 0 bridgehead atoms. The first-order valence-electron chi connectivity index (χ1n) is 13.7. The molecular formula is C35H29Cl2FN2O3S. The largest absolute Gasteiger partial charge is 0.493 e. The highest BCUT2D eigenvalue weighted by molar-refractivity contribution is 8.19. The molecule has 9 heteroatoms. The van der Waals surface area contributed by atoms with E-state index in [0.717, 1.165) is 22.3 Å². The van der Waals surface area contributed by atoms with Crippen molar-refractivity contribution in [1.29, 1.82) is 0 Å². The van der Waals surface area contributed by atoms with Gasteiger partial charge in [-0.2, -0.15) is 0 Å². The molecule has 1 aliphatic heterocycles. The number of hydrogen-bond acceptors (Lipinski definition) is 5. The summed E-state index contributed by atoms with van der Waals surface area (Å²) in [6, 6.07) is 21.0. The molecule has 0 aliphatic carbocycles. The smallest absolute Gasteiger partial charge is 0.271 e. The van der Waals surface area contributed by atoms with Crippen LogP contribution >= 0.6 is 35.0 Å². The van der Waals surface area contributed by atoms with Crippen molar-refractivity contribution in [2.24, 2.45) is 4.99 Å². The Kier molecular flexibility index (Phi) is 9.79. The van der Waals surface area contributed by atoms with Crippen LogP contribution in [0.3, 0.4) is 0 Å². The third-order valence-corrected chi connectivity index (χ3v) is 8.69. The Morgan fingerprint density at radius 1 is 1.00 bits per heavy atom. The third kappa shape index (κ3) is 7.02. The van der Waals surface area contributed by atoms with Crippen LogP contribution in [-0.4, -0.2) is 18.2 Å². The average Bonchev–Trinajstić information content (AvgIpc) is 3.29. The Morgan fingerprint density at radius 3 is 2.43 bits per heavy atom. The van der Waals surface area contributed by atoms with Gasteiger partial charge in [0.05, 0.1) is 23.4 Å². The van der Waals surface area contributed by atoms with Crippen LogP contribution in [0.5, 0.6) is 11.5 Å². The molecule has 0 atom stereocenters. The number of nitrogens with zero attached hydrogens (tertiary/aromatic N) is 2. The van der Waals surface area contributed by atoms with Crippen molar-refractivity contribution < 1.29 is 18.7 Å². The number of rotatable bonds is 9. The number of carbonyl (C=O) groups excluding carboxylic acids is 1. The Morgan fingerprint density at radius 2 is 1.75 bits per heavy atom. The van der Waals surface area contributed by atoms with E-state index >= 15 is 0 Å². The summed E-state index contributed by atoms with van der Waals surface area (Å²) in [7, 11) is 1.55. The van der Waals surface area contributed by atoms with E-state index < -0.39 is 0 Å². The van der Waals surface area contributed by atoms with Gasteiger partial charge < -0.3 is 9.47 Å². The van der Waals surface area contributed by atoms with Crippen LogP contribution < -0.4 is 14.4 Å². The highest BCUT2D eigenvalue weighted by Crippen LogP contribution is 2.41. The van der Waals surface area contributed by atoms with E-state index in [1.54, 1.807) is 54.5 Å². The first-order chi connectivity index (χ1) is 21.2. The molecule has 5 nitrogen and oxygen atoms in total. The molecular weight excluding hydrogens is 618 g/mol. The minimum Gasteiger partial charge on any atom is -0.493 e. The number of carbonyl (C=O) groups is 1. The van der Waals surface area contributed by atoms with Gasteiger partial charge in [0.2, 0.25) is 0 Å². The molecule has 4 aromatic rings. The van der Waals surface area contributed by atoms with Gasteiger partial charge in [-0.15, -0.1) is 6.58 Å². The Balaban J connectivity index is 1.54. The average molecular weight is 648 g/mol. The van der Waals surface area contributed by atoms with E-state index in [1.807, 2.05) is 44.2 Å². The maximum absolute atomic E-state index is 13.9. The number of anilines is 1. The molecule has 44 heavy (non-hydrogen) atoms. The second-order valence-electron chi connectivity index (χ2n) is 10.1. The minimum atomic E-state index is -0.333. The highest BCUT2D eigenvalue weighted by atomic mass is 35.5. The van der Waals surface area contributed by atoms with E-state index in [4.69, 9.17) is 37.7 Å². The summed E-state index contributed by atoms with van der Waals surface area (Å²) in [6.07, 6.45) is 4.05. The summed E-state index contributed by atoms with van der Waals surface area (Å²) >= 11 is 14.1.